The number of hydrogen-bond acceptors (Lipinski definition) is 3. The topological polar surface area (TPSA) is 50.1 Å². The predicted molar refractivity (Wildman–Crippen MR) is 103 cm³/mol. The molecule has 29 heavy (non-hydrogen) atoms. The highest BCUT2D eigenvalue weighted by molar-refractivity contribution is 5.33. The molecule has 1 fully saturated rings. The third-order valence-corrected chi connectivity index (χ3v) is 5.45. The Kier molecular flexibility index (Phi) is 4.96. The fraction of sp³-hybridized carbons (Fsp3) is 0.318. The lowest BCUT2D eigenvalue weighted by atomic mass is 9.77. The normalized spacial score (nSPS) is 25.1. The Morgan fingerprint density at radius 1 is 1.07 bits per heavy atom. The molecule has 3 aromatic rings. The number of nitrogens with zero attached hydrogens (tertiary/aromatic N) is 2. The zero-order valence-electron chi connectivity index (χ0n) is 15.9. The Balaban J connectivity index is 1.59. The van der Waals surface area contributed by atoms with E-state index in [2.05, 4.69) is 10.4 Å². The highest BCUT2D eigenvalue weighted by atomic mass is 19.4. The van der Waals surface area contributed by atoms with E-state index in [0.717, 1.165) is 23.4 Å². The lowest BCUT2D eigenvalue weighted by Crippen LogP contribution is -2.46. The minimum atomic E-state index is -4.39. The van der Waals surface area contributed by atoms with Gasteiger partial charge >= 0.3 is 6.18 Å². The highest BCUT2D eigenvalue weighted by Gasteiger charge is 2.40. The van der Waals surface area contributed by atoms with Crippen LogP contribution in [0.4, 0.5) is 13.2 Å². The van der Waals surface area contributed by atoms with Crippen molar-refractivity contribution in [1.29, 1.82) is 0 Å². The zero-order chi connectivity index (χ0) is 20.6. The van der Waals surface area contributed by atoms with Crippen LogP contribution in [0, 0.1) is 0 Å². The van der Waals surface area contributed by atoms with E-state index < -0.39 is 17.3 Å². The van der Waals surface area contributed by atoms with E-state index in [4.69, 9.17) is 0 Å². The molecule has 0 aliphatic carbocycles. The van der Waals surface area contributed by atoms with E-state index in [0.29, 0.717) is 18.4 Å². The lowest BCUT2D eigenvalue weighted by Gasteiger charge is -2.41. The van der Waals surface area contributed by atoms with Crippen LogP contribution in [0.15, 0.2) is 67.0 Å². The molecule has 3 atom stereocenters. The van der Waals surface area contributed by atoms with Gasteiger partial charge in [0.1, 0.15) is 0 Å². The molecule has 0 bridgehead atoms. The average Bonchev–Trinajstić information content (AvgIpc) is 3.18. The number of piperidine rings is 1. The minimum Gasteiger partial charge on any atom is -0.385 e. The summed E-state index contributed by atoms with van der Waals surface area (Å²) < 4.78 is 40.4. The van der Waals surface area contributed by atoms with E-state index in [1.807, 2.05) is 43.5 Å². The third-order valence-electron chi connectivity index (χ3n) is 5.45. The van der Waals surface area contributed by atoms with Gasteiger partial charge in [-0.2, -0.15) is 18.3 Å². The van der Waals surface area contributed by atoms with Crippen LogP contribution in [0.25, 0.3) is 5.69 Å². The summed E-state index contributed by atoms with van der Waals surface area (Å²) in [6.07, 6.45) is 0.0517. The lowest BCUT2D eigenvalue weighted by molar-refractivity contribution is -0.137. The van der Waals surface area contributed by atoms with Crippen molar-refractivity contribution in [3.05, 3.63) is 83.7 Å². The Hall–Kier alpha value is -2.64. The molecule has 1 aromatic heterocycles. The molecule has 1 saturated heterocycles. The zero-order valence-corrected chi connectivity index (χ0v) is 15.9. The van der Waals surface area contributed by atoms with E-state index in [1.165, 1.54) is 12.1 Å². The second kappa shape index (κ2) is 7.31. The standard InChI is InChI=1S/C22H22F3N3O/c1-15-11-21(29,17-7-9-18(10-8-17)22(23,24)25)12-20(27-15)16-13-26-28(14-16)19-5-3-2-4-6-19/h2-10,13-15,20,27,29H,11-12H2,1H3/t15-,20-,21?/m0/s1. The van der Waals surface area contributed by atoms with Gasteiger partial charge in [-0.1, -0.05) is 30.3 Å². The second-order valence-corrected chi connectivity index (χ2v) is 7.69. The molecule has 152 valence electrons. The molecule has 0 saturated carbocycles. The molecule has 7 heteroatoms. The Morgan fingerprint density at radius 2 is 1.76 bits per heavy atom. The predicted octanol–water partition coefficient (Wildman–Crippen LogP) is 4.59. The molecule has 0 spiro atoms. The first-order chi connectivity index (χ1) is 13.7. The Labute approximate surface area is 167 Å². The molecule has 1 aliphatic rings. The number of benzene rings is 2. The summed E-state index contributed by atoms with van der Waals surface area (Å²) in [6, 6.07) is 14.3. The molecule has 1 aliphatic heterocycles. The first kappa shape index (κ1) is 19.7. The van der Waals surface area contributed by atoms with Gasteiger partial charge in [0.25, 0.3) is 0 Å². The number of hydrogen-bond donors (Lipinski definition) is 2. The van der Waals surface area contributed by atoms with E-state index >= 15 is 0 Å². The largest absolute Gasteiger partial charge is 0.416 e. The molecule has 2 aromatic carbocycles. The van der Waals surface area contributed by atoms with Gasteiger partial charge in [0.15, 0.2) is 0 Å². The Morgan fingerprint density at radius 3 is 2.41 bits per heavy atom. The molecule has 4 nitrogen and oxygen atoms in total. The molecule has 1 unspecified atom stereocenters. The average molecular weight is 401 g/mol. The number of aromatic nitrogens is 2. The van der Waals surface area contributed by atoms with Gasteiger partial charge < -0.3 is 10.4 Å². The first-order valence-corrected chi connectivity index (χ1v) is 9.51. The van der Waals surface area contributed by atoms with Crippen molar-refractivity contribution >= 4 is 0 Å². The number of halogens is 3. The van der Waals surface area contributed by atoms with Crippen molar-refractivity contribution in [2.24, 2.45) is 0 Å². The third kappa shape index (κ3) is 4.06. The molecule has 4 rings (SSSR count). The summed E-state index contributed by atoms with van der Waals surface area (Å²) in [4.78, 5) is 0. The van der Waals surface area contributed by atoms with Gasteiger partial charge in [0.05, 0.1) is 23.0 Å². The van der Waals surface area contributed by atoms with Gasteiger partial charge in [-0.05, 0) is 49.6 Å². The monoisotopic (exact) mass is 401 g/mol. The molecular formula is C22H22F3N3O. The van der Waals surface area contributed by atoms with Gasteiger partial charge in [-0.25, -0.2) is 4.68 Å². The van der Waals surface area contributed by atoms with Crippen molar-refractivity contribution < 1.29 is 18.3 Å². The second-order valence-electron chi connectivity index (χ2n) is 7.69. The number of para-hydroxylation sites is 1. The van der Waals surface area contributed by atoms with Crippen LogP contribution < -0.4 is 5.32 Å². The molecule has 0 amide bonds. The van der Waals surface area contributed by atoms with Crippen LogP contribution in [-0.2, 0) is 11.8 Å². The van der Waals surface area contributed by atoms with Crippen molar-refractivity contribution in [1.82, 2.24) is 15.1 Å². The maximum absolute atomic E-state index is 12.9. The van der Waals surface area contributed by atoms with Gasteiger partial charge in [-0.3, -0.25) is 0 Å². The van der Waals surface area contributed by atoms with Crippen molar-refractivity contribution in [2.45, 2.75) is 43.6 Å². The van der Waals surface area contributed by atoms with Crippen LogP contribution in [-0.4, -0.2) is 20.9 Å². The summed E-state index contributed by atoms with van der Waals surface area (Å²) in [5.41, 5.74) is 0.423. The van der Waals surface area contributed by atoms with Gasteiger partial charge in [-0.15, -0.1) is 0 Å². The van der Waals surface area contributed by atoms with Crippen LogP contribution in [0.2, 0.25) is 0 Å². The van der Waals surface area contributed by atoms with Crippen LogP contribution in [0.1, 0.15) is 42.5 Å². The maximum atomic E-state index is 12.9. The quantitative estimate of drug-likeness (QED) is 0.675. The van der Waals surface area contributed by atoms with Crippen molar-refractivity contribution in [3.63, 3.8) is 0 Å². The summed E-state index contributed by atoms with van der Waals surface area (Å²) >= 11 is 0. The molecular weight excluding hydrogens is 379 g/mol. The van der Waals surface area contributed by atoms with Crippen molar-refractivity contribution in [2.75, 3.05) is 0 Å². The van der Waals surface area contributed by atoms with Gasteiger partial charge in [0, 0.05) is 23.8 Å². The highest BCUT2D eigenvalue weighted by Crippen LogP contribution is 2.41. The summed E-state index contributed by atoms with van der Waals surface area (Å²) in [5, 5.41) is 19.2. The minimum absolute atomic E-state index is 0.0129. The van der Waals surface area contributed by atoms with E-state index in [9.17, 15) is 18.3 Å². The maximum Gasteiger partial charge on any atom is 0.416 e. The van der Waals surface area contributed by atoms with Gasteiger partial charge in [0.2, 0.25) is 0 Å². The van der Waals surface area contributed by atoms with E-state index in [1.54, 1.807) is 10.9 Å². The fourth-order valence-corrected chi connectivity index (χ4v) is 4.05. The SMILES string of the molecule is C[C@H]1CC(O)(c2ccc(C(F)(F)F)cc2)C[C@@H](c2cnn(-c3ccccc3)c2)N1. The van der Waals surface area contributed by atoms with Crippen LogP contribution >= 0.6 is 0 Å². The number of alkyl halides is 3. The number of aliphatic hydroxyl groups is 1. The number of rotatable bonds is 3. The molecule has 2 N–H and O–H groups in total. The van der Waals surface area contributed by atoms with E-state index in [-0.39, 0.29) is 12.1 Å². The molecule has 2 heterocycles. The van der Waals surface area contributed by atoms with Crippen LogP contribution in [0.3, 0.4) is 0 Å². The summed E-state index contributed by atoms with van der Waals surface area (Å²) in [7, 11) is 0. The fourth-order valence-electron chi connectivity index (χ4n) is 4.05. The first-order valence-electron chi connectivity index (χ1n) is 9.51. The number of nitrogens with one attached hydrogen (secondary N) is 1. The van der Waals surface area contributed by atoms with Crippen molar-refractivity contribution in [3.8, 4) is 5.69 Å². The smallest absolute Gasteiger partial charge is 0.385 e. The summed E-state index contributed by atoms with van der Waals surface area (Å²) in [5.74, 6) is 0. The Bertz CT molecular complexity index is 969. The molecule has 0 radical (unpaired) electrons. The summed E-state index contributed by atoms with van der Waals surface area (Å²) in [6.45, 7) is 1.96. The van der Waals surface area contributed by atoms with Crippen LogP contribution in [0.5, 0.6) is 0 Å².